The lowest BCUT2D eigenvalue weighted by atomic mass is 9.88. The van der Waals surface area contributed by atoms with Gasteiger partial charge in [0.15, 0.2) is 5.13 Å². The molecule has 1 atom stereocenters. The molecule has 0 radical (unpaired) electrons. The second kappa shape index (κ2) is 5.11. The predicted molar refractivity (Wildman–Crippen MR) is 85.5 cm³/mol. The zero-order valence-electron chi connectivity index (χ0n) is 11.5. The third kappa shape index (κ3) is 2.51. The Morgan fingerprint density at radius 2 is 2.00 bits per heavy atom. The molecular formula is C17H15FN2S. The number of anilines is 1. The summed E-state index contributed by atoms with van der Waals surface area (Å²) in [7, 11) is 0. The molecule has 1 aliphatic carbocycles. The molecule has 2 nitrogen and oxygen atoms in total. The SMILES string of the molecule is Fc1ccc2nc(NC3CCc4ccccc4C3)sc2c1. The molecule has 0 spiro atoms. The lowest BCUT2D eigenvalue weighted by Crippen LogP contribution is -2.27. The van der Waals surface area contributed by atoms with Crippen LogP contribution in [0.25, 0.3) is 10.2 Å². The first kappa shape index (κ1) is 12.8. The maximum atomic E-state index is 13.2. The number of aryl methyl sites for hydroxylation is 1. The van der Waals surface area contributed by atoms with Gasteiger partial charge in [-0.1, -0.05) is 35.6 Å². The monoisotopic (exact) mass is 298 g/mol. The molecule has 0 saturated heterocycles. The van der Waals surface area contributed by atoms with Crippen molar-refractivity contribution in [2.45, 2.75) is 25.3 Å². The van der Waals surface area contributed by atoms with Crippen LogP contribution in [-0.2, 0) is 12.8 Å². The molecular weight excluding hydrogens is 283 g/mol. The van der Waals surface area contributed by atoms with Crippen LogP contribution in [0.1, 0.15) is 17.5 Å². The number of rotatable bonds is 2. The van der Waals surface area contributed by atoms with Crippen molar-refractivity contribution in [1.82, 2.24) is 4.98 Å². The van der Waals surface area contributed by atoms with Gasteiger partial charge in [-0.3, -0.25) is 0 Å². The smallest absolute Gasteiger partial charge is 0.184 e. The summed E-state index contributed by atoms with van der Waals surface area (Å²) >= 11 is 1.52. The lowest BCUT2D eigenvalue weighted by Gasteiger charge is -2.25. The number of hydrogen-bond acceptors (Lipinski definition) is 3. The number of nitrogens with one attached hydrogen (secondary N) is 1. The first-order valence-corrected chi connectivity index (χ1v) is 7.99. The number of fused-ring (bicyclic) bond motifs is 2. The lowest BCUT2D eigenvalue weighted by molar-refractivity contribution is 0.610. The molecule has 3 aromatic rings. The van der Waals surface area contributed by atoms with Crippen molar-refractivity contribution in [3.8, 4) is 0 Å². The Balaban J connectivity index is 1.55. The maximum absolute atomic E-state index is 13.2. The first-order chi connectivity index (χ1) is 10.3. The molecule has 1 aliphatic rings. The zero-order chi connectivity index (χ0) is 14.2. The number of halogens is 1. The maximum Gasteiger partial charge on any atom is 0.184 e. The molecule has 0 fully saturated rings. The summed E-state index contributed by atoms with van der Waals surface area (Å²) in [5.74, 6) is -0.204. The fraction of sp³-hybridized carbons (Fsp3) is 0.235. The molecule has 0 amide bonds. The van der Waals surface area contributed by atoms with Crippen LogP contribution in [0.3, 0.4) is 0 Å². The van der Waals surface area contributed by atoms with E-state index in [9.17, 15) is 4.39 Å². The quantitative estimate of drug-likeness (QED) is 0.758. The van der Waals surface area contributed by atoms with E-state index in [0.717, 1.165) is 34.6 Å². The molecule has 0 saturated carbocycles. The van der Waals surface area contributed by atoms with Crippen LogP contribution >= 0.6 is 11.3 Å². The number of hydrogen-bond donors (Lipinski definition) is 1. The van der Waals surface area contributed by atoms with Gasteiger partial charge in [0.2, 0.25) is 0 Å². The van der Waals surface area contributed by atoms with Crippen molar-refractivity contribution >= 4 is 26.7 Å². The number of benzene rings is 2. The second-order valence-corrected chi connectivity index (χ2v) is 6.51. The van der Waals surface area contributed by atoms with Gasteiger partial charge in [0, 0.05) is 6.04 Å². The second-order valence-electron chi connectivity index (χ2n) is 5.48. The summed E-state index contributed by atoms with van der Waals surface area (Å²) in [6.07, 6.45) is 3.25. The standard InChI is InChI=1S/C17H15FN2S/c18-13-6-8-15-16(10-13)21-17(20-15)19-14-7-5-11-3-1-2-4-12(11)9-14/h1-4,6,8,10,14H,5,7,9H2,(H,19,20). The first-order valence-electron chi connectivity index (χ1n) is 7.17. The summed E-state index contributed by atoms with van der Waals surface area (Å²) in [6, 6.07) is 13.8. The van der Waals surface area contributed by atoms with E-state index in [2.05, 4.69) is 34.6 Å². The molecule has 106 valence electrons. The minimum Gasteiger partial charge on any atom is -0.358 e. The molecule has 21 heavy (non-hydrogen) atoms. The molecule has 2 aromatic carbocycles. The Kier molecular flexibility index (Phi) is 3.11. The van der Waals surface area contributed by atoms with Crippen LogP contribution in [-0.4, -0.2) is 11.0 Å². The van der Waals surface area contributed by atoms with Gasteiger partial charge < -0.3 is 5.32 Å². The van der Waals surface area contributed by atoms with Gasteiger partial charge in [-0.2, -0.15) is 0 Å². The van der Waals surface area contributed by atoms with Gasteiger partial charge in [-0.25, -0.2) is 9.37 Å². The van der Waals surface area contributed by atoms with Gasteiger partial charge in [0.25, 0.3) is 0 Å². The highest BCUT2D eigenvalue weighted by Crippen LogP contribution is 2.29. The van der Waals surface area contributed by atoms with Crippen LogP contribution in [0.2, 0.25) is 0 Å². The third-order valence-corrected chi connectivity index (χ3v) is 4.97. The fourth-order valence-corrected chi connectivity index (χ4v) is 3.92. The number of aromatic nitrogens is 1. The molecule has 0 bridgehead atoms. The van der Waals surface area contributed by atoms with Gasteiger partial charge in [-0.15, -0.1) is 0 Å². The van der Waals surface area contributed by atoms with Gasteiger partial charge >= 0.3 is 0 Å². The van der Waals surface area contributed by atoms with Crippen molar-refractivity contribution in [2.75, 3.05) is 5.32 Å². The van der Waals surface area contributed by atoms with E-state index in [1.807, 2.05) is 0 Å². The van der Waals surface area contributed by atoms with E-state index >= 15 is 0 Å². The van der Waals surface area contributed by atoms with Crippen LogP contribution in [0, 0.1) is 5.82 Å². The Morgan fingerprint density at radius 3 is 2.90 bits per heavy atom. The predicted octanol–water partition coefficient (Wildman–Crippen LogP) is 4.40. The normalized spacial score (nSPS) is 17.7. The van der Waals surface area contributed by atoms with Crippen molar-refractivity contribution in [1.29, 1.82) is 0 Å². The van der Waals surface area contributed by atoms with E-state index < -0.39 is 0 Å². The van der Waals surface area contributed by atoms with Gasteiger partial charge in [-0.05, 0) is 48.6 Å². The number of thiazole rings is 1. The third-order valence-electron chi connectivity index (χ3n) is 4.02. The van der Waals surface area contributed by atoms with E-state index in [1.54, 1.807) is 12.1 Å². The van der Waals surface area contributed by atoms with Crippen LogP contribution < -0.4 is 5.32 Å². The molecule has 1 aromatic heterocycles. The van der Waals surface area contributed by atoms with Crippen LogP contribution in [0.4, 0.5) is 9.52 Å². The zero-order valence-corrected chi connectivity index (χ0v) is 12.3. The minimum absolute atomic E-state index is 0.204. The van der Waals surface area contributed by atoms with Crippen molar-refractivity contribution < 1.29 is 4.39 Å². The van der Waals surface area contributed by atoms with E-state index in [4.69, 9.17) is 0 Å². The molecule has 1 heterocycles. The van der Waals surface area contributed by atoms with E-state index in [0.29, 0.717) is 6.04 Å². The minimum atomic E-state index is -0.204. The molecule has 1 unspecified atom stereocenters. The fourth-order valence-electron chi connectivity index (χ4n) is 2.96. The average Bonchev–Trinajstić information content (AvgIpc) is 2.88. The van der Waals surface area contributed by atoms with Crippen molar-refractivity contribution in [3.05, 3.63) is 59.4 Å². The topological polar surface area (TPSA) is 24.9 Å². The highest BCUT2D eigenvalue weighted by Gasteiger charge is 2.19. The largest absolute Gasteiger partial charge is 0.358 e. The summed E-state index contributed by atoms with van der Waals surface area (Å²) in [6.45, 7) is 0. The highest BCUT2D eigenvalue weighted by molar-refractivity contribution is 7.22. The van der Waals surface area contributed by atoms with Gasteiger partial charge in [0.05, 0.1) is 10.2 Å². The molecule has 4 rings (SSSR count). The summed E-state index contributed by atoms with van der Waals surface area (Å²) < 4.78 is 14.1. The number of nitrogens with zero attached hydrogens (tertiary/aromatic N) is 1. The molecule has 4 heteroatoms. The van der Waals surface area contributed by atoms with Crippen molar-refractivity contribution in [2.24, 2.45) is 0 Å². The summed E-state index contributed by atoms with van der Waals surface area (Å²) in [4.78, 5) is 4.54. The Bertz CT molecular complexity index is 796. The summed E-state index contributed by atoms with van der Waals surface area (Å²) in [5, 5.41) is 4.40. The summed E-state index contributed by atoms with van der Waals surface area (Å²) in [5.41, 5.74) is 3.75. The van der Waals surface area contributed by atoms with E-state index in [1.165, 1.54) is 28.5 Å². The molecule has 1 N–H and O–H groups in total. The highest BCUT2D eigenvalue weighted by atomic mass is 32.1. The van der Waals surface area contributed by atoms with Crippen molar-refractivity contribution in [3.63, 3.8) is 0 Å². The average molecular weight is 298 g/mol. The molecule has 0 aliphatic heterocycles. The van der Waals surface area contributed by atoms with E-state index in [-0.39, 0.29) is 5.82 Å². The van der Waals surface area contributed by atoms with Crippen LogP contribution in [0.15, 0.2) is 42.5 Å². The Morgan fingerprint density at radius 1 is 1.14 bits per heavy atom. The Hall–Kier alpha value is -1.94. The van der Waals surface area contributed by atoms with Crippen LogP contribution in [0.5, 0.6) is 0 Å². The van der Waals surface area contributed by atoms with Gasteiger partial charge in [0.1, 0.15) is 5.82 Å². The Labute approximate surface area is 126 Å².